The molecule has 0 radical (unpaired) electrons. The minimum Gasteiger partial charge on any atom is -0.489 e. The molecule has 1 atom stereocenters. The molecule has 1 aliphatic heterocycles. The molecular weight excluding hydrogens is 482 g/mol. The number of nitrogens with zero attached hydrogens (tertiary/aromatic N) is 1. The Morgan fingerprint density at radius 1 is 1.30 bits per heavy atom. The van der Waals surface area contributed by atoms with Crippen LogP contribution in [-0.2, 0) is 28.7 Å². The summed E-state index contributed by atoms with van der Waals surface area (Å²) in [6.45, 7) is 3.18. The van der Waals surface area contributed by atoms with E-state index in [0.29, 0.717) is 11.6 Å². The highest BCUT2D eigenvalue weighted by Gasteiger charge is 2.37. The Hall–Kier alpha value is -2.00. The maximum atomic E-state index is 13.9. The van der Waals surface area contributed by atoms with Crippen LogP contribution in [0.15, 0.2) is 36.4 Å². The van der Waals surface area contributed by atoms with Crippen molar-refractivity contribution in [3.05, 3.63) is 63.7 Å². The predicted molar refractivity (Wildman–Crippen MR) is 121 cm³/mol. The van der Waals surface area contributed by atoms with Crippen molar-refractivity contribution in [2.45, 2.75) is 38.7 Å². The summed E-state index contributed by atoms with van der Waals surface area (Å²) in [4.78, 5) is 12.6. The molecule has 1 saturated heterocycles. The van der Waals surface area contributed by atoms with E-state index in [1.807, 2.05) is 19.1 Å². The lowest BCUT2D eigenvalue weighted by molar-refractivity contribution is -0.140. The molecule has 2 aromatic carbocycles. The summed E-state index contributed by atoms with van der Waals surface area (Å²) in [6.07, 6.45) is -4.75. The number of benzene rings is 2. The summed E-state index contributed by atoms with van der Waals surface area (Å²) in [5.74, 6) is -0.864. The van der Waals surface area contributed by atoms with Gasteiger partial charge in [-0.2, -0.15) is 13.2 Å². The first-order chi connectivity index (χ1) is 15.2. The van der Waals surface area contributed by atoms with Gasteiger partial charge in [-0.25, -0.2) is 0 Å². The molecule has 5 nitrogen and oxygen atoms in total. The zero-order valence-corrected chi connectivity index (χ0v) is 19.6. The van der Waals surface area contributed by atoms with E-state index in [4.69, 9.17) is 26.2 Å². The molecule has 33 heavy (non-hydrogen) atoms. The Morgan fingerprint density at radius 2 is 2.06 bits per heavy atom. The minimum absolute atomic E-state index is 0. The average Bonchev–Trinajstić information content (AvgIpc) is 2.76. The van der Waals surface area contributed by atoms with Crippen molar-refractivity contribution < 1.29 is 32.5 Å². The molecule has 1 unspecified atom stereocenters. The Kier molecular flexibility index (Phi) is 9.84. The van der Waals surface area contributed by atoms with Crippen LogP contribution in [0, 0.1) is 0 Å². The number of carbonyl (C=O) groups is 1. The van der Waals surface area contributed by atoms with Crippen LogP contribution in [0.4, 0.5) is 13.2 Å². The summed E-state index contributed by atoms with van der Waals surface area (Å²) in [5, 5.41) is 9.37. The van der Waals surface area contributed by atoms with Crippen molar-refractivity contribution in [1.82, 2.24) is 4.90 Å². The van der Waals surface area contributed by atoms with Crippen LogP contribution in [0.5, 0.6) is 5.75 Å². The van der Waals surface area contributed by atoms with E-state index in [0.717, 1.165) is 23.6 Å². The molecule has 1 fully saturated rings. The number of carboxylic acid groups (broad SMARTS) is 1. The Balaban J connectivity index is 0.00000385. The van der Waals surface area contributed by atoms with Gasteiger partial charge in [0.05, 0.1) is 24.7 Å². The van der Waals surface area contributed by atoms with Crippen molar-refractivity contribution >= 4 is 30.0 Å². The van der Waals surface area contributed by atoms with Gasteiger partial charge >= 0.3 is 12.1 Å². The number of aryl methyl sites for hydroxylation is 1. The predicted octanol–water partition coefficient (Wildman–Crippen LogP) is 5.77. The van der Waals surface area contributed by atoms with E-state index >= 15 is 0 Å². The smallest absolute Gasteiger partial charge is 0.416 e. The van der Waals surface area contributed by atoms with Crippen LogP contribution < -0.4 is 4.74 Å². The Bertz CT molecular complexity index is 956. The molecule has 3 rings (SSSR count). The van der Waals surface area contributed by atoms with Gasteiger partial charge in [0.1, 0.15) is 12.4 Å². The van der Waals surface area contributed by atoms with Crippen molar-refractivity contribution in [3.63, 3.8) is 0 Å². The zero-order chi connectivity index (χ0) is 23.3. The second kappa shape index (κ2) is 11.9. The van der Waals surface area contributed by atoms with Gasteiger partial charge in [-0.05, 0) is 35.7 Å². The zero-order valence-electron chi connectivity index (χ0n) is 18.0. The van der Waals surface area contributed by atoms with Gasteiger partial charge in [-0.3, -0.25) is 9.69 Å². The van der Waals surface area contributed by atoms with E-state index in [1.54, 1.807) is 11.0 Å². The largest absolute Gasteiger partial charge is 0.489 e. The summed E-state index contributed by atoms with van der Waals surface area (Å²) >= 11 is 6.25. The molecule has 0 amide bonds. The van der Waals surface area contributed by atoms with E-state index in [2.05, 4.69) is 0 Å². The SMILES string of the molecule is CCc1cccc(Cl)c1COc1ccc(C2CN(CCC(=O)O)CCO2)c(C(F)(F)F)c1.Cl. The molecule has 2 aromatic rings. The van der Waals surface area contributed by atoms with Crippen molar-refractivity contribution in [2.24, 2.45) is 0 Å². The van der Waals surface area contributed by atoms with Gasteiger partial charge in [-0.1, -0.05) is 36.7 Å². The minimum atomic E-state index is -4.60. The van der Waals surface area contributed by atoms with E-state index in [9.17, 15) is 18.0 Å². The van der Waals surface area contributed by atoms with Crippen molar-refractivity contribution in [3.8, 4) is 5.75 Å². The van der Waals surface area contributed by atoms with Crippen LogP contribution in [-0.4, -0.2) is 42.2 Å². The molecule has 0 aromatic heterocycles. The lowest BCUT2D eigenvalue weighted by Gasteiger charge is -2.34. The third-order valence-electron chi connectivity index (χ3n) is 5.45. The lowest BCUT2D eigenvalue weighted by atomic mass is 10.00. The fourth-order valence-electron chi connectivity index (χ4n) is 3.75. The molecule has 0 bridgehead atoms. The number of hydrogen-bond donors (Lipinski definition) is 1. The van der Waals surface area contributed by atoms with Gasteiger partial charge < -0.3 is 14.6 Å². The molecule has 0 spiro atoms. The number of halogens is 5. The topological polar surface area (TPSA) is 59.0 Å². The third kappa shape index (κ3) is 7.24. The quantitative estimate of drug-likeness (QED) is 0.491. The number of morpholine rings is 1. The van der Waals surface area contributed by atoms with Gasteiger partial charge in [-0.15, -0.1) is 12.4 Å². The number of alkyl halides is 3. The monoisotopic (exact) mass is 507 g/mol. The van der Waals surface area contributed by atoms with Gasteiger partial charge in [0.15, 0.2) is 0 Å². The second-order valence-corrected chi connectivity index (χ2v) is 7.98. The normalized spacial score (nSPS) is 16.8. The summed E-state index contributed by atoms with van der Waals surface area (Å²) < 4.78 is 52.9. The number of aliphatic carboxylic acids is 1. The highest BCUT2D eigenvalue weighted by atomic mass is 35.5. The molecular formula is C23H26Cl2F3NO4. The number of carboxylic acids is 1. The van der Waals surface area contributed by atoms with E-state index in [1.165, 1.54) is 12.1 Å². The van der Waals surface area contributed by atoms with Gasteiger partial charge in [0, 0.05) is 30.2 Å². The molecule has 10 heteroatoms. The van der Waals surface area contributed by atoms with Crippen molar-refractivity contribution in [2.75, 3.05) is 26.2 Å². The first kappa shape index (κ1) is 27.2. The van der Waals surface area contributed by atoms with Gasteiger partial charge in [0.25, 0.3) is 0 Å². The van der Waals surface area contributed by atoms with E-state index in [-0.39, 0.29) is 56.4 Å². The maximum absolute atomic E-state index is 13.9. The second-order valence-electron chi connectivity index (χ2n) is 7.57. The van der Waals surface area contributed by atoms with Crippen LogP contribution in [0.25, 0.3) is 0 Å². The van der Waals surface area contributed by atoms with E-state index < -0.39 is 23.8 Å². The lowest BCUT2D eigenvalue weighted by Crippen LogP contribution is -2.40. The molecule has 182 valence electrons. The molecule has 0 aliphatic carbocycles. The number of rotatable bonds is 8. The van der Waals surface area contributed by atoms with Gasteiger partial charge in [0.2, 0.25) is 0 Å². The first-order valence-corrected chi connectivity index (χ1v) is 10.7. The number of hydrogen-bond acceptors (Lipinski definition) is 4. The fraction of sp³-hybridized carbons (Fsp3) is 0.435. The maximum Gasteiger partial charge on any atom is 0.416 e. The van der Waals surface area contributed by atoms with Crippen LogP contribution >= 0.6 is 24.0 Å². The Morgan fingerprint density at radius 3 is 2.73 bits per heavy atom. The third-order valence-corrected chi connectivity index (χ3v) is 5.80. The first-order valence-electron chi connectivity index (χ1n) is 10.3. The van der Waals surface area contributed by atoms with Crippen LogP contribution in [0.3, 0.4) is 0 Å². The van der Waals surface area contributed by atoms with Crippen LogP contribution in [0.2, 0.25) is 5.02 Å². The molecule has 0 saturated carbocycles. The standard InChI is InChI=1S/C23H25ClF3NO4.ClH/c1-2-15-4-3-5-20(24)18(15)14-32-16-6-7-17(19(12-16)23(25,26)27)21-13-28(10-11-31-21)9-8-22(29)30;/h3-7,12,21H,2,8-11,13-14H2,1H3,(H,29,30);1H. The molecule has 1 N–H and O–H groups in total. The van der Waals surface area contributed by atoms with Crippen LogP contribution in [0.1, 0.15) is 41.7 Å². The number of ether oxygens (including phenoxy) is 2. The fourth-order valence-corrected chi connectivity index (χ4v) is 4.00. The summed E-state index contributed by atoms with van der Waals surface area (Å²) in [6, 6.07) is 9.30. The Labute approximate surface area is 201 Å². The summed E-state index contributed by atoms with van der Waals surface area (Å²) in [5.41, 5.74) is 0.910. The molecule has 1 heterocycles. The molecule has 1 aliphatic rings. The summed E-state index contributed by atoms with van der Waals surface area (Å²) in [7, 11) is 0. The highest BCUT2D eigenvalue weighted by molar-refractivity contribution is 6.31. The highest BCUT2D eigenvalue weighted by Crippen LogP contribution is 2.39. The van der Waals surface area contributed by atoms with Crippen molar-refractivity contribution in [1.29, 1.82) is 0 Å². The average molecular weight is 508 g/mol.